The van der Waals surface area contributed by atoms with E-state index < -0.39 is 15.6 Å². The van der Waals surface area contributed by atoms with Gasteiger partial charge in [-0.1, -0.05) is 37.0 Å². The van der Waals surface area contributed by atoms with Gasteiger partial charge < -0.3 is 5.11 Å². The average molecular weight is 340 g/mol. The van der Waals surface area contributed by atoms with Crippen LogP contribution in [0.15, 0.2) is 23.1 Å². The summed E-state index contributed by atoms with van der Waals surface area (Å²) >= 11 is 11.6. The molecule has 1 atom stereocenters. The Morgan fingerprint density at radius 3 is 2.20 bits per heavy atom. The fraction of sp³-hybridized carbons (Fsp3) is 0.538. The predicted octanol–water partition coefficient (Wildman–Crippen LogP) is 3.07. The van der Waals surface area contributed by atoms with E-state index in [1.54, 1.807) is 6.92 Å². The Balaban J connectivity index is 2.85. The molecule has 7 heteroatoms. The Morgan fingerprint density at radius 2 is 1.75 bits per heavy atom. The molecule has 1 aromatic carbocycles. The second-order valence-corrected chi connectivity index (χ2v) is 8.16. The summed E-state index contributed by atoms with van der Waals surface area (Å²) < 4.78 is 26.6. The summed E-state index contributed by atoms with van der Waals surface area (Å²) in [5.74, 6) is 0.259. The number of hydrogen-bond acceptors (Lipinski definition) is 3. The van der Waals surface area contributed by atoms with Crippen LogP contribution in [0.25, 0.3) is 0 Å². The monoisotopic (exact) mass is 339 g/mol. The first-order valence-electron chi connectivity index (χ1n) is 6.20. The Kier molecular flexibility index (Phi) is 5.87. The van der Waals surface area contributed by atoms with E-state index in [2.05, 4.69) is 4.72 Å². The van der Waals surface area contributed by atoms with E-state index in [9.17, 15) is 13.5 Å². The fourth-order valence-corrected chi connectivity index (χ4v) is 3.86. The van der Waals surface area contributed by atoms with Gasteiger partial charge in [-0.3, -0.25) is 0 Å². The standard InChI is InChI=1S/C13H19Cl2NO3S/c1-9(2)7-13(3,17)8-16-20(18,19)12-5-10(14)4-11(15)6-12/h4-6,9,16-17H,7-8H2,1-3H3. The summed E-state index contributed by atoms with van der Waals surface area (Å²) in [6.07, 6.45) is 0.492. The lowest BCUT2D eigenvalue weighted by atomic mass is 9.95. The van der Waals surface area contributed by atoms with Crippen molar-refractivity contribution in [1.29, 1.82) is 0 Å². The molecule has 2 N–H and O–H groups in total. The van der Waals surface area contributed by atoms with E-state index in [1.165, 1.54) is 18.2 Å². The molecule has 0 aliphatic rings. The van der Waals surface area contributed by atoms with E-state index in [1.807, 2.05) is 13.8 Å². The van der Waals surface area contributed by atoms with Crippen LogP contribution in [0.5, 0.6) is 0 Å². The zero-order valence-electron chi connectivity index (χ0n) is 11.7. The molecule has 0 saturated carbocycles. The van der Waals surface area contributed by atoms with Gasteiger partial charge in [0.1, 0.15) is 0 Å². The van der Waals surface area contributed by atoms with Crippen molar-refractivity contribution < 1.29 is 13.5 Å². The van der Waals surface area contributed by atoms with Crippen LogP contribution in [0.3, 0.4) is 0 Å². The van der Waals surface area contributed by atoms with Gasteiger partial charge in [-0.25, -0.2) is 13.1 Å². The Bertz CT molecular complexity index is 551. The molecular formula is C13H19Cl2NO3S. The Morgan fingerprint density at radius 1 is 1.25 bits per heavy atom. The number of rotatable bonds is 6. The van der Waals surface area contributed by atoms with Crippen LogP contribution in [0.4, 0.5) is 0 Å². The zero-order chi connectivity index (χ0) is 15.6. The van der Waals surface area contributed by atoms with Crippen molar-refractivity contribution in [3.8, 4) is 0 Å². The first-order valence-corrected chi connectivity index (χ1v) is 8.44. The summed E-state index contributed by atoms with van der Waals surface area (Å²) in [7, 11) is -3.75. The maximum atomic E-state index is 12.1. The molecule has 0 aliphatic carbocycles. The van der Waals surface area contributed by atoms with Crippen LogP contribution in [0.1, 0.15) is 27.2 Å². The number of nitrogens with one attached hydrogen (secondary N) is 1. The third-order valence-corrected chi connectivity index (χ3v) is 4.45. The molecule has 0 radical (unpaired) electrons. The second-order valence-electron chi connectivity index (χ2n) is 5.52. The summed E-state index contributed by atoms with van der Waals surface area (Å²) in [5, 5.41) is 10.6. The molecule has 0 fully saturated rings. The molecule has 1 unspecified atom stereocenters. The molecule has 0 aromatic heterocycles. The molecule has 0 spiro atoms. The number of hydrogen-bond donors (Lipinski definition) is 2. The normalized spacial score (nSPS) is 15.3. The highest BCUT2D eigenvalue weighted by atomic mass is 35.5. The van der Waals surface area contributed by atoms with Crippen LogP contribution in [0.2, 0.25) is 10.0 Å². The molecule has 0 bridgehead atoms. The fourth-order valence-electron chi connectivity index (χ4n) is 1.97. The molecule has 20 heavy (non-hydrogen) atoms. The minimum Gasteiger partial charge on any atom is -0.389 e. The maximum absolute atomic E-state index is 12.1. The largest absolute Gasteiger partial charge is 0.389 e. The SMILES string of the molecule is CC(C)CC(C)(O)CNS(=O)(=O)c1cc(Cl)cc(Cl)c1. The van der Waals surface area contributed by atoms with Gasteiger partial charge in [-0.05, 0) is 37.5 Å². The lowest BCUT2D eigenvalue weighted by molar-refractivity contribution is 0.0437. The number of aliphatic hydroxyl groups is 1. The Labute approximate surface area is 130 Å². The van der Waals surface area contributed by atoms with Crippen LogP contribution >= 0.6 is 23.2 Å². The van der Waals surface area contributed by atoms with Crippen molar-refractivity contribution in [3.63, 3.8) is 0 Å². The minimum absolute atomic E-state index is 0.0182. The van der Waals surface area contributed by atoms with Crippen molar-refractivity contribution in [2.24, 2.45) is 5.92 Å². The van der Waals surface area contributed by atoms with Gasteiger partial charge in [0.15, 0.2) is 0 Å². The summed E-state index contributed by atoms with van der Waals surface area (Å²) in [5.41, 5.74) is -1.11. The number of halogens is 2. The van der Waals surface area contributed by atoms with Crippen LogP contribution in [0, 0.1) is 5.92 Å². The summed E-state index contributed by atoms with van der Waals surface area (Å²) in [6.45, 7) is 5.44. The van der Waals surface area contributed by atoms with E-state index in [4.69, 9.17) is 23.2 Å². The van der Waals surface area contributed by atoms with Gasteiger partial charge in [0.25, 0.3) is 0 Å². The molecule has 0 saturated heterocycles. The lowest BCUT2D eigenvalue weighted by Gasteiger charge is -2.25. The molecule has 1 rings (SSSR count). The van der Waals surface area contributed by atoms with Crippen molar-refractivity contribution in [1.82, 2.24) is 4.72 Å². The lowest BCUT2D eigenvalue weighted by Crippen LogP contribution is -2.41. The number of benzene rings is 1. The average Bonchev–Trinajstić information content (AvgIpc) is 2.23. The second kappa shape index (κ2) is 6.62. The first-order chi connectivity index (χ1) is 9.02. The maximum Gasteiger partial charge on any atom is 0.240 e. The molecule has 4 nitrogen and oxygen atoms in total. The van der Waals surface area contributed by atoms with Crippen LogP contribution in [-0.4, -0.2) is 25.7 Å². The smallest absolute Gasteiger partial charge is 0.240 e. The third-order valence-electron chi connectivity index (χ3n) is 2.64. The molecule has 0 heterocycles. The van der Waals surface area contributed by atoms with Crippen LogP contribution < -0.4 is 4.72 Å². The van der Waals surface area contributed by atoms with Crippen molar-refractivity contribution in [2.45, 2.75) is 37.7 Å². The molecule has 114 valence electrons. The highest BCUT2D eigenvalue weighted by molar-refractivity contribution is 7.89. The van der Waals surface area contributed by atoms with Gasteiger partial charge >= 0.3 is 0 Å². The van der Waals surface area contributed by atoms with E-state index in [0.717, 1.165) is 0 Å². The summed E-state index contributed by atoms with van der Waals surface area (Å²) in [4.78, 5) is -0.0182. The van der Waals surface area contributed by atoms with E-state index in [0.29, 0.717) is 6.42 Å². The number of sulfonamides is 1. The van der Waals surface area contributed by atoms with Gasteiger partial charge in [0.05, 0.1) is 10.5 Å². The first kappa shape index (κ1) is 17.7. The molecular weight excluding hydrogens is 321 g/mol. The van der Waals surface area contributed by atoms with E-state index >= 15 is 0 Å². The third kappa shape index (κ3) is 5.58. The topological polar surface area (TPSA) is 66.4 Å². The Hall–Kier alpha value is -0.330. The van der Waals surface area contributed by atoms with Crippen LogP contribution in [-0.2, 0) is 10.0 Å². The van der Waals surface area contributed by atoms with Crippen molar-refractivity contribution >= 4 is 33.2 Å². The van der Waals surface area contributed by atoms with Crippen molar-refractivity contribution in [3.05, 3.63) is 28.2 Å². The molecule has 1 aromatic rings. The quantitative estimate of drug-likeness (QED) is 0.836. The van der Waals surface area contributed by atoms with Gasteiger partial charge in [0.2, 0.25) is 10.0 Å². The van der Waals surface area contributed by atoms with Gasteiger partial charge in [0, 0.05) is 16.6 Å². The van der Waals surface area contributed by atoms with Gasteiger partial charge in [-0.2, -0.15) is 0 Å². The van der Waals surface area contributed by atoms with Gasteiger partial charge in [-0.15, -0.1) is 0 Å². The zero-order valence-corrected chi connectivity index (χ0v) is 14.0. The molecule has 0 amide bonds. The molecule has 0 aliphatic heterocycles. The highest BCUT2D eigenvalue weighted by Gasteiger charge is 2.25. The van der Waals surface area contributed by atoms with E-state index in [-0.39, 0.29) is 27.4 Å². The predicted molar refractivity (Wildman–Crippen MR) is 81.7 cm³/mol. The summed E-state index contributed by atoms with van der Waals surface area (Å²) in [6, 6.07) is 4.08. The minimum atomic E-state index is -3.75. The van der Waals surface area contributed by atoms with Crippen molar-refractivity contribution in [2.75, 3.05) is 6.54 Å². The highest BCUT2D eigenvalue weighted by Crippen LogP contribution is 2.23.